The summed E-state index contributed by atoms with van der Waals surface area (Å²) in [5.41, 5.74) is 1.73. The molecule has 3 aliphatic rings. The van der Waals surface area contributed by atoms with Gasteiger partial charge >= 0.3 is 32.8 Å². The second-order valence-electron chi connectivity index (χ2n) is 3.46. The van der Waals surface area contributed by atoms with Crippen LogP contribution >= 0.6 is 0 Å². The van der Waals surface area contributed by atoms with Crippen LogP contribution in [0.15, 0.2) is 0 Å². The largest absolute Gasteiger partial charge is 0.523 e. The number of rotatable bonds is 0. The molecule has 0 aromatic carbocycles. The lowest BCUT2D eigenvalue weighted by molar-refractivity contribution is 0.212. The third-order valence-electron chi connectivity index (χ3n) is 2.18. The Morgan fingerprint density at radius 1 is 1.00 bits per heavy atom. The lowest BCUT2D eigenvalue weighted by Gasteiger charge is -2.16. The summed E-state index contributed by atoms with van der Waals surface area (Å²) in [5.74, 6) is -0.231. The van der Waals surface area contributed by atoms with Crippen LogP contribution in [0.5, 0.6) is 12.0 Å². The highest BCUT2D eigenvalue weighted by Crippen LogP contribution is 2.31. The zero-order valence-corrected chi connectivity index (χ0v) is 10.5. The normalized spacial score (nSPS) is 21.0. The first-order chi connectivity index (χ1) is 9.33. The smallest absolute Gasteiger partial charge is 0.319 e. The number of aromatic nitrogens is 4. The molecular formula is C5HN5O8S2. The molecule has 0 amide bonds. The number of hydrogen-bond acceptors (Lipinski definition) is 12. The van der Waals surface area contributed by atoms with Crippen molar-refractivity contribution >= 4 is 37.8 Å². The van der Waals surface area contributed by atoms with Crippen LogP contribution in [0.25, 0.3) is 11.2 Å². The van der Waals surface area contributed by atoms with E-state index in [-0.39, 0.29) is 17.0 Å². The van der Waals surface area contributed by atoms with Gasteiger partial charge in [-0.05, 0) is 0 Å². The molecule has 0 radical (unpaired) electrons. The predicted molar refractivity (Wildman–Crippen MR) is 55.7 cm³/mol. The first-order valence-corrected chi connectivity index (χ1v) is 7.33. The molecule has 1 N–H and O–H groups in total. The Hall–Kier alpha value is -2.39. The maximum Gasteiger partial charge on any atom is 0.523 e. The summed E-state index contributed by atoms with van der Waals surface area (Å²) in [6.07, 6.45) is 0. The Kier molecular flexibility index (Phi) is 1.83. The van der Waals surface area contributed by atoms with Gasteiger partial charge in [-0.1, -0.05) is 0 Å². The molecule has 20 heavy (non-hydrogen) atoms. The molecule has 0 atom stereocenters. The predicted octanol–water partition coefficient (Wildman–Crippen LogP) is -2.13. The van der Waals surface area contributed by atoms with Crippen molar-refractivity contribution < 1.29 is 33.8 Å². The van der Waals surface area contributed by atoms with Crippen molar-refractivity contribution in [1.29, 1.82) is 0 Å². The number of anilines is 1. The molecule has 5 rings (SSSR count). The van der Waals surface area contributed by atoms with Gasteiger partial charge in [-0.25, -0.2) is 5.48 Å². The van der Waals surface area contributed by atoms with Gasteiger partial charge in [0.2, 0.25) is 0 Å². The molecule has 13 nitrogen and oxygen atoms in total. The number of hydrogen-bond donors (Lipinski definition) is 1. The van der Waals surface area contributed by atoms with Crippen molar-refractivity contribution in [2.75, 3.05) is 5.48 Å². The van der Waals surface area contributed by atoms with E-state index in [1.165, 1.54) is 0 Å². The molecule has 0 unspecified atom stereocenters. The van der Waals surface area contributed by atoms with Crippen molar-refractivity contribution in [3.63, 3.8) is 0 Å². The molecule has 0 spiro atoms. The molecule has 5 heterocycles. The Morgan fingerprint density at radius 3 is 2.60 bits per heavy atom. The minimum Gasteiger partial charge on any atom is -0.319 e. The van der Waals surface area contributed by atoms with Crippen molar-refractivity contribution in [3.05, 3.63) is 0 Å². The highest BCUT2D eigenvalue weighted by Gasteiger charge is 2.35. The lowest BCUT2D eigenvalue weighted by atomic mass is 10.5. The van der Waals surface area contributed by atoms with Crippen LogP contribution in [-0.4, -0.2) is 36.5 Å². The quantitative estimate of drug-likeness (QED) is 0.561. The molecule has 0 fully saturated rings. The third-order valence-corrected chi connectivity index (χ3v) is 3.51. The maximum absolute atomic E-state index is 11.5. The molecule has 2 aromatic heterocycles. The van der Waals surface area contributed by atoms with Crippen LogP contribution in [0, 0.1) is 0 Å². The van der Waals surface area contributed by atoms with Gasteiger partial charge in [0, 0.05) is 0 Å². The van der Waals surface area contributed by atoms with Crippen LogP contribution in [0.3, 0.4) is 0 Å². The van der Waals surface area contributed by atoms with Crippen molar-refractivity contribution in [2.45, 2.75) is 0 Å². The van der Waals surface area contributed by atoms with E-state index in [1.54, 1.807) is 0 Å². The topological polar surface area (TPSA) is 161 Å². The van der Waals surface area contributed by atoms with Gasteiger partial charge in [0.15, 0.2) is 17.0 Å². The molecule has 106 valence electrons. The second-order valence-corrected chi connectivity index (χ2v) is 5.74. The summed E-state index contributed by atoms with van der Waals surface area (Å²) < 4.78 is 63.7. The van der Waals surface area contributed by atoms with Crippen LogP contribution in [0.1, 0.15) is 0 Å². The fourth-order valence-electron chi connectivity index (χ4n) is 1.55. The Morgan fingerprint density at radius 2 is 1.80 bits per heavy atom. The van der Waals surface area contributed by atoms with E-state index < -0.39 is 32.8 Å². The summed E-state index contributed by atoms with van der Waals surface area (Å²) in [6, 6.07) is -1.36. The highest BCUT2D eigenvalue weighted by atomic mass is 32.3. The summed E-state index contributed by atoms with van der Waals surface area (Å²) in [4.78, 5) is 10.9. The zero-order valence-electron chi connectivity index (χ0n) is 8.87. The van der Waals surface area contributed by atoms with Gasteiger partial charge in [-0.2, -0.15) is 23.4 Å². The van der Waals surface area contributed by atoms with Gasteiger partial charge < -0.3 is 8.37 Å². The number of nitrogens with one attached hydrogen (secondary N) is 1. The summed E-state index contributed by atoms with van der Waals surface area (Å²) in [6.45, 7) is 0. The van der Waals surface area contributed by atoms with E-state index in [2.05, 4.69) is 31.9 Å². The number of fused-ring (bicyclic) bond motifs is 2. The number of nitrogens with zero attached hydrogens (tertiary/aromatic N) is 4. The molecule has 0 saturated carbocycles. The van der Waals surface area contributed by atoms with E-state index >= 15 is 0 Å². The van der Waals surface area contributed by atoms with Gasteiger partial charge in [-0.15, -0.1) is 17.4 Å². The molecule has 6 bridgehead atoms. The van der Waals surface area contributed by atoms with E-state index in [9.17, 15) is 16.8 Å². The van der Waals surface area contributed by atoms with E-state index in [0.717, 1.165) is 0 Å². The van der Waals surface area contributed by atoms with E-state index in [4.69, 9.17) is 0 Å². The van der Waals surface area contributed by atoms with Crippen LogP contribution < -0.4 is 18.1 Å². The van der Waals surface area contributed by atoms with Gasteiger partial charge in [0.1, 0.15) is 0 Å². The third kappa shape index (κ3) is 1.53. The minimum atomic E-state index is -4.57. The first kappa shape index (κ1) is 11.4. The average Bonchev–Trinajstić information content (AvgIpc) is 2.61. The van der Waals surface area contributed by atoms with E-state index in [0.29, 0.717) is 4.73 Å². The van der Waals surface area contributed by atoms with Crippen LogP contribution in [-0.2, 0) is 25.1 Å². The SMILES string of the molecule is O=S1(=O)ONc2nc3nc4nc(n(c24)OS(=O)(=O)O3)O1. The number of imidazole rings is 1. The minimum absolute atomic E-state index is 0.106. The lowest BCUT2D eigenvalue weighted by Crippen LogP contribution is -2.31. The molecule has 0 aliphatic carbocycles. The summed E-state index contributed by atoms with van der Waals surface area (Å²) in [7, 11) is -9.11. The Bertz CT molecular complexity index is 961. The maximum atomic E-state index is 11.5. The Balaban J connectivity index is 2.16. The monoisotopic (exact) mass is 323 g/mol. The molecule has 2 aromatic rings. The van der Waals surface area contributed by atoms with Crippen molar-refractivity contribution in [2.24, 2.45) is 0 Å². The summed E-state index contributed by atoms with van der Waals surface area (Å²) in [5, 5.41) is 0. The van der Waals surface area contributed by atoms with Crippen molar-refractivity contribution in [1.82, 2.24) is 19.7 Å². The fourth-order valence-corrected chi connectivity index (χ4v) is 2.66. The van der Waals surface area contributed by atoms with Gasteiger partial charge in [0.25, 0.3) is 0 Å². The van der Waals surface area contributed by atoms with Crippen LogP contribution in [0.2, 0.25) is 0 Å². The molecule has 3 aliphatic heterocycles. The first-order valence-electron chi connectivity index (χ1n) is 4.67. The zero-order chi connectivity index (χ0) is 14.1. The fraction of sp³-hybridized carbons (Fsp3) is 0. The van der Waals surface area contributed by atoms with Crippen LogP contribution in [0.4, 0.5) is 5.82 Å². The highest BCUT2D eigenvalue weighted by molar-refractivity contribution is 7.82. The Labute approximate surface area is 109 Å². The second kappa shape index (κ2) is 3.19. The van der Waals surface area contributed by atoms with Gasteiger partial charge in [-0.3, -0.25) is 4.28 Å². The van der Waals surface area contributed by atoms with Gasteiger partial charge in [0.05, 0.1) is 0 Å². The molecule has 15 heteroatoms. The standard InChI is InChI=1S/C5HN5O8S2/c11-19(12)16-5-8-2-1-3(9-17-19)7-4(6-2)15-20(13,14)18-10(1)5/h(H,6,7,9). The summed E-state index contributed by atoms with van der Waals surface area (Å²) >= 11 is 0. The molecular weight excluding hydrogens is 322 g/mol. The van der Waals surface area contributed by atoms with E-state index in [1.807, 2.05) is 5.48 Å². The molecule has 0 saturated heterocycles. The average molecular weight is 323 g/mol. The van der Waals surface area contributed by atoms with Crippen molar-refractivity contribution in [3.8, 4) is 12.0 Å².